The van der Waals surface area contributed by atoms with Gasteiger partial charge in [0.15, 0.2) is 0 Å². The monoisotopic (exact) mass is 193 g/mol. The lowest BCUT2D eigenvalue weighted by molar-refractivity contribution is 0.685. The van der Waals surface area contributed by atoms with Crippen LogP contribution in [-0.2, 0) is 10.8 Å². The van der Waals surface area contributed by atoms with Gasteiger partial charge in [-0.15, -0.1) is 0 Å². The molecule has 13 heavy (non-hydrogen) atoms. The Bertz CT molecular complexity index is 379. The molecular weight excluding hydrogens is 182 g/mol. The Morgan fingerprint density at radius 3 is 2.62 bits per heavy atom. The quantitative estimate of drug-likeness (QED) is 0.720. The minimum absolute atomic E-state index is 0.0719. The van der Waals surface area contributed by atoms with Crippen molar-refractivity contribution >= 4 is 10.8 Å². The molecule has 0 saturated heterocycles. The molecule has 1 aromatic carbocycles. The van der Waals surface area contributed by atoms with Crippen LogP contribution in [0, 0.1) is 25.2 Å². The Balaban J connectivity index is 2.98. The second kappa shape index (κ2) is 4.20. The van der Waals surface area contributed by atoms with Crippen LogP contribution in [0.1, 0.15) is 11.1 Å². The lowest BCUT2D eigenvalue weighted by Crippen LogP contribution is -1.96. The van der Waals surface area contributed by atoms with Crippen LogP contribution in [0.2, 0.25) is 0 Å². The van der Waals surface area contributed by atoms with E-state index in [4.69, 9.17) is 5.26 Å². The molecule has 68 valence electrons. The van der Waals surface area contributed by atoms with Gasteiger partial charge in [0.1, 0.15) is 5.75 Å². The van der Waals surface area contributed by atoms with E-state index in [1.54, 1.807) is 0 Å². The number of nitriles is 1. The van der Waals surface area contributed by atoms with E-state index < -0.39 is 10.8 Å². The second-order valence-corrected chi connectivity index (χ2v) is 4.35. The van der Waals surface area contributed by atoms with E-state index in [2.05, 4.69) is 0 Å². The number of hydrogen-bond donors (Lipinski definition) is 0. The first kappa shape index (κ1) is 9.94. The standard InChI is InChI=1S/C10H11NOS/c1-8-3-4-10(7-9(8)2)13(12)6-5-11/h3-4,7H,6H2,1-2H3. The summed E-state index contributed by atoms with van der Waals surface area (Å²) in [5.41, 5.74) is 2.29. The second-order valence-electron chi connectivity index (χ2n) is 2.89. The Labute approximate surface area is 80.7 Å². The van der Waals surface area contributed by atoms with Gasteiger partial charge in [0.2, 0.25) is 0 Å². The van der Waals surface area contributed by atoms with Gasteiger partial charge in [-0.05, 0) is 37.1 Å². The highest BCUT2D eigenvalue weighted by Crippen LogP contribution is 2.12. The summed E-state index contributed by atoms with van der Waals surface area (Å²) < 4.78 is 11.4. The number of hydrogen-bond acceptors (Lipinski definition) is 2. The molecule has 0 fully saturated rings. The number of benzene rings is 1. The molecule has 0 spiro atoms. The normalized spacial score (nSPS) is 12.1. The molecule has 0 bridgehead atoms. The molecule has 1 atom stereocenters. The average Bonchev–Trinajstić information content (AvgIpc) is 2.10. The van der Waals surface area contributed by atoms with Crippen molar-refractivity contribution in [1.29, 1.82) is 5.26 Å². The van der Waals surface area contributed by atoms with Crippen molar-refractivity contribution in [3.05, 3.63) is 29.3 Å². The number of rotatable bonds is 2. The molecule has 1 unspecified atom stereocenters. The first-order valence-electron chi connectivity index (χ1n) is 3.97. The lowest BCUT2D eigenvalue weighted by Gasteiger charge is -2.02. The molecule has 0 aliphatic rings. The molecule has 0 saturated carbocycles. The maximum Gasteiger partial charge on any atom is 0.115 e. The third kappa shape index (κ3) is 2.40. The Kier molecular flexibility index (Phi) is 3.21. The summed E-state index contributed by atoms with van der Waals surface area (Å²) in [6.07, 6.45) is 0. The first-order chi connectivity index (χ1) is 6.15. The van der Waals surface area contributed by atoms with Crippen LogP contribution >= 0.6 is 0 Å². The van der Waals surface area contributed by atoms with Crippen LogP contribution < -0.4 is 0 Å². The van der Waals surface area contributed by atoms with Crippen molar-refractivity contribution in [2.45, 2.75) is 18.7 Å². The summed E-state index contributed by atoms with van der Waals surface area (Å²) in [7, 11) is -1.16. The highest BCUT2D eigenvalue weighted by molar-refractivity contribution is 7.85. The Hall–Kier alpha value is -1.14. The van der Waals surface area contributed by atoms with E-state index in [-0.39, 0.29) is 5.75 Å². The van der Waals surface area contributed by atoms with Crippen LogP contribution in [0.25, 0.3) is 0 Å². The van der Waals surface area contributed by atoms with Crippen molar-refractivity contribution in [3.8, 4) is 6.07 Å². The predicted molar refractivity (Wildman–Crippen MR) is 52.8 cm³/mol. The first-order valence-corrected chi connectivity index (χ1v) is 5.29. The summed E-state index contributed by atoms with van der Waals surface area (Å²) in [5, 5.41) is 8.38. The number of nitrogens with zero attached hydrogens (tertiary/aromatic N) is 1. The lowest BCUT2D eigenvalue weighted by atomic mass is 10.1. The van der Waals surface area contributed by atoms with Crippen LogP contribution in [0.3, 0.4) is 0 Å². The third-order valence-electron chi connectivity index (χ3n) is 1.94. The zero-order valence-electron chi connectivity index (χ0n) is 7.70. The minimum atomic E-state index is -1.16. The van der Waals surface area contributed by atoms with Crippen molar-refractivity contribution in [2.75, 3.05) is 5.75 Å². The smallest absolute Gasteiger partial charge is 0.115 e. The van der Waals surface area contributed by atoms with Gasteiger partial charge >= 0.3 is 0 Å². The van der Waals surface area contributed by atoms with E-state index in [0.29, 0.717) is 0 Å². The van der Waals surface area contributed by atoms with Crippen molar-refractivity contribution in [3.63, 3.8) is 0 Å². The molecule has 3 heteroatoms. The van der Waals surface area contributed by atoms with Gasteiger partial charge in [0.25, 0.3) is 0 Å². The van der Waals surface area contributed by atoms with Crippen LogP contribution in [-0.4, -0.2) is 9.96 Å². The van der Waals surface area contributed by atoms with E-state index in [0.717, 1.165) is 10.5 Å². The molecule has 0 amide bonds. The zero-order valence-corrected chi connectivity index (χ0v) is 8.52. The Morgan fingerprint density at radius 2 is 2.08 bits per heavy atom. The van der Waals surface area contributed by atoms with Crippen molar-refractivity contribution in [1.82, 2.24) is 0 Å². The SMILES string of the molecule is Cc1ccc(S(=O)CC#N)cc1C. The van der Waals surface area contributed by atoms with E-state index in [9.17, 15) is 4.21 Å². The van der Waals surface area contributed by atoms with Crippen LogP contribution in [0.5, 0.6) is 0 Å². The van der Waals surface area contributed by atoms with Gasteiger partial charge < -0.3 is 0 Å². The van der Waals surface area contributed by atoms with E-state index >= 15 is 0 Å². The molecule has 1 rings (SSSR count). The van der Waals surface area contributed by atoms with E-state index in [1.165, 1.54) is 5.56 Å². The van der Waals surface area contributed by atoms with Gasteiger partial charge in [-0.1, -0.05) is 6.07 Å². The Morgan fingerprint density at radius 1 is 1.38 bits per heavy atom. The van der Waals surface area contributed by atoms with Crippen molar-refractivity contribution in [2.24, 2.45) is 0 Å². The highest BCUT2D eigenvalue weighted by Gasteiger charge is 2.03. The van der Waals surface area contributed by atoms with Gasteiger partial charge in [0, 0.05) is 4.90 Å². The maximum absolute atomic E-state index is 11.4. The third-order valence-corrected chi connectivity index (χ3v) is 3.11. The molecule has 0 N–H and O–H groups in total. The van der Waals surface area contributed by atoms with Gasteiger partial charge in [-0.2, -0.15) is 5.26 Å². The van der Waals surface area contributed by atoms with Crippen molar-refractivity contribution < 1.29 is 4.21 Å². The van der Waals surface area contributed by atoms with Gasteiger partial charge in [-0.25, -0.2) is 0 Å². The molecule has 1 aromatic rings. The predicted octanol–water partition coefficient (Wildman–Crippen LogP) is 1.93. The molecule has 0 radical (unpaired) electrons. The molecule has 0 heterocycles. The fourth-order valence-corrected chi connectivity index (χ4v) is 1.81. The fraction of sp³-hybridized carbons (Fsp3) is 0.300. The van der Waals surface area contributed by atoms with E-state index in [1.807, 2.05) is 38.1 Å². The summed E-state index contributed by atoms with van der Waals surface area (Å²) in [4.78, 5) is 0.740. The van der Waals surface area contributed by atoms with Crippen LogP contribution in [0.4, 0.5) is 0 Å². The largest absolute Gasteiger partial charge is 0.253 e. The summed E-state index contributed by atoms with van der Waals surface area (Å²) in [6, 6.07) is 7.52. The van der Waals surface area contributed by atoms with Gasteiger partial charge in [0.05, 0.1) is 16.9 Å². The molecule has 0 aliphatic heterocycles. The molecular formula is C10H11NOS. The molecule has 2 nitrogen and oxygen atoms in total. The number of aryl methyl sites for hydroxylation is 2. The fourth-order valence-electron chi connectivity index (χ4n) is 0.997. The zero-order chi connectivity index (χ0) is 9.84. The highest BCUT2D eigenvalue weighted by atomic mass is 32.2. The average molecular weight is 193 g/mol. The minimum Gasteiger partial charge on any atom is -0.253 e. The summed E-state index contributed by atoms with van der Waals surface area (Å²) in [6.45, 7) is 3.98. The summed E-state index contributed by atoms with van der Waals surface area (Å²) in [5.74, 6) is 0.0719. The van der Waals surface area contributed by atoms with Crippen LogP contribution in [0.15, 0.2) is 23.1 Å². The summed E-state index contributed by atoms with van der Waals surface area (Å²) >= 11 is 0. The topological polar surface area (TPSA) is 40.9 Å². The molecule has 0 aliphatic carbocycles. The maximum atomic E-state index is 11.4. The molecule has 0 aromatic heterocycles. The van der Waals surface area contributed by atoms with Gasteiger partial charge in [-0.3, -0.25) is 4.21 Å².